The maximum Gasteiger partial charge on any atom is 0.340 e. The first kappa shape index (κ1) is 15.0. The summed E-state index contributed by atoms with van der Waals surface area (Å²) in [5.74, 6) is -1.23. The second kappa shape index (κ2) is 6.39. The van der Waals surface area contributed by atoms with Crippen LogP contribution in [-0.4, -0.2) is 13.1 Å². The van der Waals surface area contributed by atoms with Gasteiger partial charge in [0.1, 0.15) is 5.82 Å². The molecular formula is C17H18FNO2. The summed E-state index contributed by atoms with van der Waals surface area (Å²) in [6, 6.07) is 10.6. The minimum absolute atomic E-state index is 0.0484. The maximum absolute atomic E-state index is 13.8. The molecule has 0 spiro atoms. The smallest absolute Gasteiger partial charge is 0.340 e. The third kappa shape index (κ3) is 3.60. The van der Waals surface area contributed by atoms with Gasteiger partial charge in [0, 0.05) is 12.2 Å². The molecule has 21 heavy (non-hydrogen) atoms. The zero-order chi connectivity index (χ0) is 15.4. The number of halogens is 1. The van der Waals surface area contributed by atoms with Crippen LogP contribution >= 0.6 is 0 Å². The van der Waals surface area contributed by atoms with E-state index < -0.39 is 11.8 Å². The van der Waals surface area contributed by atoms with E-state index in [4.69, 9.17) is 0 Å². The third-order valence-electron chi connectivity index (χ3n) is 3.30. The zero-order valence-corrected chi connectivity index (χ0v) is 12.4. The Hall–Kier alpha value is -2.36. The van der Waals surface area contributed by atoms with Crippen molar-refractivity contribution in [3.8, 4) is 0 Å². The van der Waals surface area contributed by atoms with Gasteiger partial charge in [0.05, 0.1) is 12.7 Å². The summed E-state index contributed by atoms with van der Waals surface area (Å²) < 4.78 is 18.3. The van der Waals surface area contributed by atoms with Crippen molar-refractivity contribution in [2.75, 3.05) is 12.4 Å². The zero-order valence-electron chi connectivity index (χ0n) is 12.4. The molecule has 0 aromatic heterocycles. The average molecular weight is 287 g/mol. The van der Waals surface area contributed by atoms with Crippen LogP contribution in [-0.2, 0) is 11.3 Å². The Labute approximate surface area is 123 Å². The summed E-state index contributed by atoms with van der Waals surface area (Å²) in [6.45, 7) is 4.55. The summed E-state index contributed by atoms with van der Waals surface area (Å²) in [5.41, 5.74) is 4.07. The summed E-state index contributed by atoms with van der Waals surface area (Å²) >= 11 is 0. The Bertz CT molecular complexity index is 668. The number of esters is 1. The van der Waals surface area contributed by atoms with Gasteiger partial charge < -0.3 is 10.1 Å². The quantitative estimate of drug-likeness (QED) is 0.868. The molecule has 4 heteroatoms. The van der Waals surface area contributed by atoms with Gasteiger partial charge in [0.25, 0.3) is 0 Å². The Balaban J connectivity index is 2.10. The predicted octanol–water partition coefficient (Wildman–Crippen LogP) is 3.84. The second-order valence-electron chi connectivity index (χ2n) is 4.98. The van der Waals surface area contributed by atoms with Crippen LogP contribution in [0.15, 0.2) is 36.4 Å². The third-order valence-corrected chi connectivity index (χ3v) is 3.30. The molecule has 2 aromatic carbocycles. The maximum atomic E-state index is 13.8. The molecule has 0 heterocycles. The minimum Gasteiger partial charge on any atom is -0.465 e. The highest BCUT2D eigenvalue weighted by Gasteiger charge is 2.12. The van der Waals surface area contributed by atoms with Gasteiger partial charge in [-0.15, -0.1) is 0 Å². The van der Waals surface area contributed by atoms with Gasteiger partial charge in [-0.05, 0) is 43.2 Å². The number of aryl methyl sites for hydroxylation is 2. The van der Waals surface area contributed by atoms with E-state index in [1.165, 1.54) is 24.8 Å². The van der Waals surface area contributed by atoms with E-state index in [0.29, 0.717) is 6.54 Å². The molecule has 1 N–H and O–H groups in total. The molecule has 0 saturated heterocycles. The van der Waals surface area contributed by atoms with Crippen LogP contribution in [0.1, 0.15) is 27.0 Å². The molecule has 2 rings (SSSR count). The van der Waals surface area contributed by atoms with Crippen molar-refractivity contribution in [2.45, 2.75) is 20.4 Å². The van der Waals surface area contributed by atoms with Gasteiger partial charge in [-0.1, -0.05) is 23.8 Å². The number of hydrogen-bond acceptors (Lipinski definition) is 3. The van der Waals surface area contributed by atoms with Crippen LogP contribution in [0.5, 0.6) is 0 Å². The SMILES string of the molecule is COC(=O)c1ccc(CNc2ccc(C)cc2C)cc1F. The van der Waals surface area contributed by atoms with Gasteiger partial charge in [-0.2, -0.15) is 0 Å². The van der Waals surface area contributed by atoms with E-state index in [1.807, 2.05) is 26.0 Å². The van der Waals surface area contributed by atoms with Crippen molar-refractivity contribution < 1.29 is 13.9 Å². The molecule has 0 radical (unpaired) electrons. The number of methoxy groups -OCH3 is 1. The molecule has 0 fully saturated rings. The van der Waals surface area contributed by atoms with Crippen molar-refractivity contribution >= 4 is 11.7 Å². The van der Waals surface area contributed by atoms with Crippen molar-refractivity contribution in [3.63, 3.8) is 0 Å². The van der Waals surface area contributed by atoms with Gasteiger partial charge in [0.2, 0.25) is 0 Å². The Kier molecular flexibility index (Phi) is 4.58. The molecular weight excluding hydrogens is 269 g/mol. The van der Waals surface area contributed by atoms with Crippen LogP contribution in [0.4, 0.5) is 10.1 Å². The van der Waals surface area contributed by atoms with Gasteiger partial charge in [-0.3, -0.25) is 0 Å². The second-order valence-corrected chi connectivity index (χ2v) is 4.98. The number of ether oxygens (including phenoxy) is 1. The highest BCUT2D eigenvalue weighted by Crippen LogP contribution is 2.18. The largest absolute Gasteiger partial charge is 0.465 e. The lowest BCUT2D eigenvalue weighted by Gasteiger charge is -2.11. The lowest BCUT2D eigenvalue weighted by Crippen LogP contribution is -2.06. The summed E-state index contributed by atoms with van der Waals surface area (Å²) in [7, 11) is 1.23. The normalized spacial score (nSPS) is 10.3. The lowest BCUT2D eigenvalue weighted by atomic mass is 10.1. The van der Waals surface area contributed by atoms with Crippen molar-refractivity contribution in [1.29, 1.82) is 0 Å². The van der Waals surface area contributed by atoms with Crippen molar-refractivity contribution in [3.05, 3.63) is 64.5 Å². The highest BCUT2D eigenvalue weighted by atomic mass is 19.1. The Morgan fingerprint density at radius 3 is 2.57 bits per heavy atom. The van der Waals surface area contributed by atoms with Crippen LogP contribution < -0.4 is 5.32 Å². The number of carbonyl (C=O) groups excluding carboxylic acids is 1. The number of anilines is 1. The molecule has 0 atom stereocenters. The van der Waals surface area contributed by atoms with Gasteiger partial charge in [0.15, 0.2) is 0 Å². The minimum atomic E-state index is -0.665. The molecule has 0 amide bonds. The summed E-state index contributed by atoms with van der Waals surface area (Å²) in [4.78, 5) is 11.3. The van der Waals surface area contributed by atoms with Gasteiger partial charge in [-0.25, -0.2) is 9.18 Å². The number of carbonyl (C=O) groups is 1. The van der Waals surface area contributed by atoms with Crippen LogP contribution in [0.3, 0.4) is 0 Å². The van der Waals surface area contributed by atoms with Gasteiger partial charge >= 0.3 is 5.97 Å². The summed E-state index contributed by atoms with van der Waals surface area (Å²) in [5, 5.41) is 3.26. The summed E-state index contributed by atoms with van der Waals surface area (Å²) in [6.07, 6.45) is 0. The van der Waals surface area contributed by atoms with Crippen molar-refractivity contribution in [1.82, 2.24) is 0 Å². The molecule has 0 aliphatic rings. The standard InChI is InChI=1S/C17H18FNO2/c1-11-4-7-16(12(2)8-11)19-10-13-5-6-14(15(18)9-13)17(20)21-3/h4-9,19H,10H2,1-3H3. The first-order valence-corrected chi connectivity index (χ1v) is 6.69. The monoisotopic (exact) mass is 287 g/mol. The molecule has 3 nitrogen and oxygen atoms in total. The first-order chi connectivity index (χ1) is 10.0. The molecule has 110 valence electrons. The number of hydrogen-bond donors (Lipinski definition) is 1. The van der Waals surface area contributed by atoms with E-state index in [9.17, 15) is 9.18 Å². The molecule has 0 aliphatic carbocycles. The number of benzene rings is 2. The Morgan fingerprint density at radius 1 is 1.19 bits per heavy atom. The lowest BCUT2D eigenvalue weighted by molar-refractivity contribution is 0.0595. The first-order valence-electron chi connectivity index (χ1n) is 6.69. The topological polar surface area (TPSA) is 38.3 Å². The molecule has 0 unspecified atom stereocenters. The average Bonchev–Trinajstić information content (AvgIpc) is 2.45. The molecule has 0 saturated carbocycles. The van der Waals surface area contributed by atoms with E-state index in [2.05, 4.69) is 16.1 Å². The van der Waals surface area contributed by atoms with Crippen LogP contribution in [0, 0.1) is 19.7 Å². The highest BCUT2D eigenvalue weighted by molar-refractivity contribution is 5.89. The fourth-order valence-corrected chi connectivity index (χ4v) is 2.15. The van der Waals surface area contributed by atoms with Crippen molar-refractivity contribution in [2.24, 2.45) is 0 Å². The van der Waals surface area contributed by atoms with Crippen LogP contribution in [0.2, 0.25) is 0 Å². The predicted molar refractivity (Wildman–Crippen MR) is 81.0 cm³/mol. The fraction of sp³-hybridized carbons (Fsp3) is 0.235. The van der Waals surface area contributed by atoms with Crippen LogP contribution in [0.25, 0.3) is 0 Å². The Morgan fingerprint density at radius 2 is 1.95 bits per heavy atom. The molecule has 0 aliphatic heterocycles. The number of rotatable bonds is 4. The van der Waals surface area contributed by atoms with E-state index in [1.54, 1.807) is 6.07 Å². The fourth-order valence-electron chi connectivity index (χ4n) is 2.15. The van der Waals surface area contributed by atoms with E-state index >= 15 is 0 Å². The molecule has 2 aromatic rings. The number of nitrogens with one attached hydrogen (secondary N) is 1. The van der Waals surface area contributed by atoms with E-state index in [0.717, 1.165) is 16.8 Å². The van der Waals surface area contributed by atoms with E-state index in [-0.39, 0.29) is 5.56 Å². The molecule has 0 bridgehead atoms.